The summed E-state index contributed by atoms with van der Waals surface area (Å²) in [6.07, 6.45) is 1.70. The second kappa shape index (κ2) is 12.0. The molecule has 0 aliphatic carbocycles. The number of rotatable bonds is 12. The first kappa shape index (κ1) is 26.7. The number of nitro benzene ring substituents is 2. The molecule has 10 nitrogen and oxygen atoms in total. The van der Waals surface area contributed by atoms with Gasteiger partial charge in [-0.2, -0.15) is 0 Å². The van der Waals surface area contributed by atoms with Crippen LogP contribution in [-0.2, 0) is 0 Å². The Balaban J connectivity index is 2.21. The van der Waals surface area contributed by atoms with E-state index in [2.05, 4.69) is 31.9 Å². The molecule has 180 valence electrons. The minimum absolute atomic E-state index is 0.0829. The van der Waals surface area contributed by atoms with E-state index < -0.39 is 9.85 Å². The van der Waals surface area contributed by atoms with Crippen molar-refractivity contribution in [2.45, 2.75) is 28.9 Å². The van der Waals surface area contributed by atoms with E-state index in [9.17, 15) is 20.2 Å². The second-order valence-electron chi connectivity index (χ2n) is 6.91. The molecule has 12 heteroatoms. The van der Waals surface area contributed by atoms with Crippen molar-refractivity contribution < 1.29 is 28.8 Å². The molecule has 0 aliphatic rings. The van der Waals surface area contributed by atoms with E-state index in [1.54, 1.807) is 12.1 Å². The van der Waals surface area contributed by atoms with Crippen molar-refractivity contribution in [3.63, 3.8) is 0 Å². The van der Waals surface area contributed by atoms with Gasteiger partial charge in [-0.1, -0.05) is 38.3 Å². The van der Waals surface area contributed by atoms with Crippen molar-refractivity contribution in [1.82, 2.24) is 0 Å². The average Bonchev–Trinajstić information content (AvgIpc) is 2.81. The molecule has 0 saturated heterocycles. The summed E-state index contributed by atoms with van der Waals surface area (Å²) in [7, 11) is 5.75. The smallest absolute Gasteiger partial charge is 0.277 e. The van der Waals surface area contributed by atoms with Crippen LogP contribution in [0.2, 0.25) is 0 Å². The maximum Gasteiger partial charge on any atom is 0.277 e. The molecule has 0 fully saturated rings. The molecule has 0 heterocycles. The molecule has 0 aliphatic heterocycles. The van der Waals surface area contributed by atoms with Crippen LogP contribution in [0.5, 0.6) is 23.0 Å². The van der Waals surface area contributed by atoms with Crippen molar-refractivity contribution in [2.75, 3.05) is 28.4 Å². The van der Waals surface area contributed by atoms with E-state index in [4.69, 9.17) is 18.9 Å². The van der Waals surface area contributed by atoms with E-state index in [1.165, 1.54) is 40.6 Å². The summed E-state index contributed by atoms with van der Waals surface area (Å²) in [4.78, 5) is 21.5. The van der Waals surface area contributed by atoms with Gasteiger partial charge in [0, 0.05) is 20.8 Å². The van der Waals surface area contributed by atoms with Crippen molar-refractivity contribution >= 4 is 43.2 Å². The Labute approximate surface area is 207 Å². The van der Waals surface area contributed by atoms with Gasteiger partial charge in [0.1, 0.15) is 0 Å². The van der Waals surface area contributed by atoms with Crippen LogP contribution in [0.4, 0.5) is 11.4 Å². The first-order chi connectivity index (χ1) is 15.7. The predicted molar refractivity (Wildman–Crippen MR) is 130 cm³/mol. The van der Waals surface area contributed by atoms with Crippen LogP contribution < -0.4 is 18.9 Å². The summed E-state index contributed by atoms with van der Waals surface area (Å²) in [5.41, 5.74) is 0.752. The molecule has 2 rings (SSSR count). The van der Waals surface area contributed by atoms with E-state index in [0.29, 0.717) is 41.9 Å². The van der Waals surface area contributed by atoms with Gasteiger partial charge in [-0.25, -0.2) is 0 Å². The van der Waals surface area contributed by atoms with Gasteiger partial charge < -0.3 is 18.9 Å². The second-order valence-corrected chi connectivity index (χ2v) is 9.12. The quantitative estimate of drug-likeness (QED) is 0.160. The van der Waals surface area contributed by atoms with E-state index >= 15 is 0 Å². The molecule has 33 heavy (non-hydrogen) atoms. The molecule has 0 radical (unpaired) electrons. The Kier molecular flexibility index (Phi) is 9.71. The summed E-state index contributed by atoms with van der Waals surface area (Å²) >= 11 is 7.08. The van der Waals surface area contributed by atoms with Crippen LogP contribution in [-0.4, -0.2) is 38.3 Å². The molecule has 0 N–H and O–H groups in total. The summed E-state index contributed by atoms with van der Waals surface area (Å²) in [5, 5.41) is 23.1. The van der Waals surface area contributed by atoms with E-state index in [-0.39, 0.29) is 32.5 Å². The third kappa shape index (κ3) is 6.26. The number of halogens is 2. The van der Waals surface area contributed by atoms with Gasteiger partial charge in [-0.05, 0) is 25.0 Å². The predicted octanol–water partition coefficient (Wildman–Crippen LogP) is 6.28. The molecular weight excluding hydrogens is 568 g/mol. The highest BCUT2D eigenvalue weighted by molar-refractivity contribution is 9.09. The third-order valence-corrected chi connectivity index (χ3v) is 6.95. The van der Waals surface area contributed by atoms with Crippen LogP contribution >= 0.6 is 31.9 Å². The fourth-order valence-electron chi connectivity index (χ4n) is 3.37. The summed E-state index contributed by atoms with van der Waals surface area (Å²) in [6, 6.07) is 5.84. The number of nitrogens with zero attached hydrogens (tertiary/aromatic N) is 2. The molecule has 0 spiro atoms. The Morgan fingerprint density at radius 1 is 0.697 bits per heavy atom. The first-order valence-electron chi connectivity index (χ1n) is 9.77. The van der Waals surface area contributed by atoms with E-state index in [0.717, 1.165) is 0 Å². The van der Waals surface area contributed by atoms with Gasteiger partial charge >= 0.3 is 0 Å². The lowest BCUT2D eigenvalue weighted by atomic mass is 10.0. The molecule has 2 aromatic carbocycles. The number of nitro groups is 2. The maximum atomic E-state index is 11.6. The Morgan fingerprint density at radius 3 is 1.27 bits per heavy atom. The lowest BCUT2D eigenvalue weighted by Crippen LogP contribution is -2.03. The van der Waals surface area contributed by atoms with Crippen LogP contribution in [0.25, 0.3) is 0 Å². The number of hydrogen-bond acceptors (Lipinski definition) is 8. The number of hydrogen-bond donors (Lipinski definition) is 0. The van der Waals surface area contributed by atoms with Crippen molar-refractivity contribution in [3.05, 3.63) is 55.6 Å². The third-order valence-electron chi connectivity index (χ3n) is 5.05. The number of methoxy groups -OCH3 is 4. The zero-order valence-electron chi connectivity index (χ0n) is 18.5. The Morgan fingerprint density at radius 2 is 1.00 bits per heavy atom. The highest BCUT2D eigenvalue weighted by atomic mass is 79.9. The monoisotopic (exact) mass is 590 g/mol. The normalized spacial score (nSPS) is 12.5. The van der Waals surface area contributed by atoms with Crippen LogP contribution in [0.1, 0.15) is 40.0 Å². The summed E-state index contributed by atoms with van der Waals surface area (Å²) < 4.78 is 20.9. The lowest BCUT2D eigenvalue weighted by Gasteiger charge is -2.16. The number of alkyl halides is 2. The fraction of sp³-hybridized carbons (Fsp3) is 0.429. The van der Waals surface area contributed by atoms with Crippen LogP contribution in [0, 0.1) is 20.2 Å². The molecule has 2 unspecified atom stereocenters. The maximum absolute atomic E-state index is 11.6. The SMILES string of the molecule is COc1cc(C(Br)CCCC(Br)c2cc(OC)c(OC)cc2[N+](=O)[O-])c([N+](=O)[O-])cc1OC. The summed E-state index contributed by atoms with van der Waals surface area (Å²) in [5.74, 6) is 1.33. The zero-order chi connectivity index (χ0) is 24.7. The fourth-order valence-corrected chi connectivity index (χ4v) is 4.75. The van der Waals surface area contributed by atoms with Gasteiger partial charge in [0.2, 0.25) is 0 Å². The molecule has 0 saturated carbocycles. The minimum atomic E-state index is -0.466. The molecular formula is C21H24Br2N2O8. The zero-order valence-corrected chi connectivity index (χ0v) is 21.7. The standard InChI is InChI=1S/C21H24Br2N2O8/c1-30-18-8-12(16(24(26)27)10-20(18)32-3)14(22)6-5-7-15(23)13-9-19(31-2)21(33-4)11-17(13)25(28)29/h8-11,14-15H,5-7H2,1-4H3. The topological polar surface area (TPSA) is 123 Å². The molecule has 2 atom stereocenters. The first-order valence-corrected chi connectivity index (χ1v) is 11.6. The van der Waals surface area contributed by atoms with Gasteiger partial charge in [0.25, 0.3) is 11.4 Å². The van der Waals surface area contributed by atoms with E-state index in [1.807, 2.05) is 0 Å². The number of ether oxygens (including phenoxy) is 4. The van der Waals surface area contributed by atoms with Crippen molar-refractivity contribution in [1.29, 1.82) is 0 Å². The molecule has 2 aromatic rings. The molecule has 0 bridgehead atoms. The van der Waals surface area contributed by atoms with Gasteiger partial charge in [-0.15, -0.1) is 0 Å². The average molecular weight is 592 g/mol. The Hall–Kier alpha value is -2.60. The van der Waals surface area contributed by atoms with Crippen LogP contribution in [0.3, 0.4) is 0 Å². The van der Waals surface area contributed by atoms with Crippen LogP contribution in [0.15, 0.2) is 24.3 Å². The highest BCUT2D eigenvalue weighted by Gasteiger charge is 2.27. The van der Waals surface area contributed by atoms with Gasteiger partial charge in [0.15, 0.2) is 23.0 Å². The largest absolute Gasteiger partial charge is 0.493 e. The Bertz CT molecular complexity index is 939. The van der Waals surface area contributed by atoms with Gasteiger partial charge in [0.05, 0.1) is 50.4 Å². The highest BCUT2D eigenvalue weighted by Crippen LogP contribution is 2.44. The van der Waals surface area contributed by atoms with Gasteiger partial charge in [-0.3, -0.25) is 20.2 Å². The number of benzene rings is 2. The molecule has 0 amide bonds. The molecule has 0 aromatic heterocycles. The van der Waals surface area contributed by atoms with Crippen molar-refractivity contribution in [2.24, 2.45) is 0 Å². The lowest BCUT2D eigenvalue weighted by molar-refractivity contribution is -0.385. The van der Waals surface area contributed by atoms with Crippen molar-refractivity contribution in [3.8, 4) is 23.0 Å². The summed E-state index contributed by atoms with van der Waals surface area (Å²) in [6.45, 7) is 0. The minimum Gasteiger partial charge on any atom is -0.493 e.